The van der Waals surface area contributed by atoms with Gasteiger partial charge in [-0.15, -0.1) is 0 Å². The average molecular weight is 485 g/mol. The molecular weight excluding hydrogens is 453 g/mol. The molecule has 4 rings (SSSR count). The van der Waals surface area contributed by atoms with Crippen LogP contribution in [0.4, 0.5) is 4.39 Å². The van der Waals surface area contributed by atoms with Gasteiger partial charge in [0.25, 0.3) is 0 Å². The molecule has 2 heterocycles. The van der Waals surface area contributed by atoms with Gasteiger partial charge in [-0.05, 0) is 0 Å². The summed E-state index contributed by atoms with van der Waals surface area (Å²) in [7, 11) is 2.24. The van der Waals surface area contributed by atoms with Gasteiger partial charge in [-0.3, -0.25) is 0 Å². The molecule has 0 radical (unpaired) electrons. The van der Waals surface area contributed by atoms with Crippen molar-refractivity contribution in [3.8, 4) is 0 Å². The number of halogens is 1. The fourth-order valence-electron chi connectivity index (χ4n) is 5.20. The molecule has 3 aliphatic rings. The Morgan fingerprint density at radius 2 is 2.07 bits per heavy atom. The van der Waals surface area contributed by atoms with E-state index in [4.69, 9.17) is 4.74 Å². The zero-order valence-corrected chi connectivity index (χ0v) is 19.4. The molecule has 150 valence electrons. The molecule has 1 saturated heterocycles. The number of nitrogens with zero attached hydrogens (tertiary/aromatic N) is 3. The van der Waals surface area contributed by atoms with E-state index < -0.39 is 20.5 Å². The zero-order valence-electron chi connectivity index (χ0n) is 16.9. The maximum absolute atomic E-state index is 13.1. The Morgan fingerprint density at radius 3 is 2.74 bits per heavy atom. The van der Waals surface area contributed by atoms with Crippen LogP contribution in [0.3, 0.4) is 0 Å². The molecule has 5 nitrogen and oxygen atoms in total. The van der Waals surface area contributed by atoms with Gasteiger partial charge in [0.05, 0.1) is 0 Å². The van der Waals surface area contributed by atoms with E-state index in [1.807, 2.05) is 0 Å². The van der Waals surface area contributed by atoms with E-state index in [2.05, 4.69) is 42.1 Å². The van der Waals surface area contributed by atoms with E-state index >= 15 is 0 Å². The van der Waals surface area contributed by atoms with E-state index in [-0.39, 0.29) is 11.2 Å². The Hall–Kier alpha value is -0.292. The van der Waals surface area contributed by atoms with Crippen LogP contribution in [-0.2, 0) is 10.2 Å². The van der Waals surface area contributed by atoms with Crippen molar-refractivity contribution in [3.63, 3.8) is 0 Å². The van der Waals surface area contributed by atoms with Gasteiger partial charge in [-0.25, -0.2) is 4.39 Å². The average Bonchev–Trinajstić information content (AvgIpc) is 3.30. The predicted octanol–water partition coefficient (Wildman–Crippen LogP) is 2.74. The van der Waals surface area contributed by atoms with Crippen LogP contribution < -0.4 is 3.48 Å². The van der Waals surface area contributed by atoms with Gasteiger partial charge in [-0.1, -0.05) is 0 Å². The van der Waals surface area contributed by atoms with Crippen molar-refractivity contribution in [2.45, 2.75) is 78.4 Å². The SMILES string of the molecule is CC1CC([NH][Sb]([CH3])[CH3])C(COC2CCC3(c4ncc(F)cn4)CC3C2)N1C. The molecule has 7 heteroatoms. The van der Waals surface area contributed by atoms with Crippen LogP contribution in [0.2, 0.25) is 9.74 Å². The van der Waals surface area contributed by atoms with Crippen molar-refractivity contribution in [3.05, 3.63) is 24.0 Å². The Balaban J connectivity index is 1.31. The molecule has 2 saturated carbocycles. The Bertz CT molecular complexity index is 658. The summed E-state index contributed by atoms with van der Waals surface area (Å²) in [6.07, 6.45) is 8.52. The van der Waals surface area contributed by atoms with E-state index in [1.54, 1.807) is 0 Å². The molecule has 0 amide bonds. The number of likely N-dealkylation sites (tertiary alicyclic amines) is 1. The van der Waals surface area contributed by atoms with E-state index in [0.717, 1.165) is 38.1 Å². The number of fused-ring (bicyclic) bond motifs is 1. The van der Waals surface area contributed by atoms with Gasteiger partial charge in [0.2, 0.25) is 0 Å². The van der Waals surface area contributed by atoms with Gasteiger partial charge in [0.15, 0.2) is 5.82 Å². The molecule has 1 N–H and O–H groups in total. The van der Waals surface area contributed by atoms with Crippen LogP contribution in [0, 0.1) is 11.7 Å². The number of nitrogens with one attached hydrogen (secondary N) is 1. The van der Waals surface area contributed by atoms with Crippen LogP contribution in [0.25, 0.3) is 0 Å². The Kier molecular flexibility index (Phi) is 5.82. The first-order valence-electron chi connectivity index (χ1n) is 10.1. The first-order valence-corrected chi connectivity index (χ1v) is 16.5. The molecule has 2 aliphatic carbocycles. The summed E-state index contributed by atoms with van der Waals surface area (Å²) in [4.78, 5) is 15.8. The fraction of sp³-hybridized carbons (Fsp3) is 0.800. The van der Waals surface area contributed by atoms with Gasteiger partial charge in [-0.2, -0.15) is 0 Å². The molecule has 0 spiro atoms. The van der Waals surface area contributed by atoms with Crippen LogP contribution in [0.15, 0.2) is 12.4 Å². The first kappa shape index (κ1) is 20.0. The summed E-state index contributed by atoms with van der Waals surface area (Å²) < 4.78 is 23.5. The minimum atomic E-state index is -1.21. The van der Waals surface area contributed by atoms with Gasteiger partial charge in [0, 0.05) is 0 Å². The second kappa shape index (κ2) is 7.85. The van der Waals surface area contributed by atoms with E-state index in [0.29, 0.717) is 30.1 Å². The van der Waals surface area contributed by atoms with Crippen LogP contribution in [0.5, 0.6) is 0 Å². The van der Waals surface area contributed by atoms with Gasteiger partial charge < -0.3 is 0 Å². The van der Waals surface area contributed by atoms with Crippen molar-refractivity contribution in [1.29, 1.82) is 0 Å². The maximum atomic E-state index is 13.1. The molecule has 0 aromatic carbocycles. The number of likely N-dealkylation sites (N-methyl/N-ethyl adjacent to an activating group) is 1. The Labute approximate surface area is 169 Å². The molecule has 0 bridgehead atoms. The molecule has 27 heavy (non-hydrogen) atoms. The van der Waals surface area contributed by atoms with Crippen LogP contribution in [-0.4, -0.2) is 73.2 Å². The molecule has 1 aliphatic heterocycles. The quantitative estimate of drug-likeness (QED) is 0.629. The second-order valence-corrected chi connectivity index (χ2v) is 14.8. The summed E-state index contributed by atoms with van der Waals surface area (Å²) in [6.45, 7) is 3.15. The number of ether oxygens (including phenoxy) is 1. The minimum absolute atomic E-state index is 0.0986. The molecule has 6 unspecified atom stereocenters. The summed E-state index contributed by atoms with van der Waals surface area (Å²) in [5.41, 5.74) is 0.0986. The predicted molar refractivity (Wildman–Crippen MR) is 105 cm³/mol. The summed E-state index contributed by atoms with van der Waals surface area (Å²) in [5.74, 6) is 1.08. The van der Waals surface area contributed by atoms with Crippen molar-refractivity contribution in [1.82, 2.24) is 18.3 Å². The van der Waals surface area contributed by atoms with E-state index in [9.17, 15) is 4.39 Å². The number of hydrogen-bond donors (Lipinski definition) is 1. The van der Waals surface area contributed by atoms with Crippen molar-refractivity contribution in [2.75, 3.05) is 13.7 Å². The van der Waals surface area contributed by atoms with E-state index in [1.165, 1.54) is 18.8 Å². The monoisotopic (exact) mass is 484 g/mol. The van der Waals surface area contributed by atoms with Crippen molar-refractivity contribution >= 4 is 20.5 Å². The number of hydrogen-bond acceptors (Lipinski definition) is 5. The standard InChI is InChI=1S/C18H26FN4O.2CH3.Sb/c1-11-5-15(20)16(23(11)2)10-24-14-3-4-18(7-12(18)6-14)17-21-8-13(19)9-22-17;;;/h8-9,11-12,14-16,20H,3-7,10H2,1-2H3;2*1H3;/q-1;;;+1. The van der Waals surface area contributed by atoms with Crippen molar-refractivity contribution in [2.24, 2.45) is 5.92 Å². The second-order valence-electron chi connectivity index (χ2n) is 8.96. The number of rotatable bonds is 6. The third kappa shape index (κ3) is 4.05. The third-order valence-corrected chi connectivity index (χ3v) is 9.38. The molecular formula is C20H32FN4OSb. The summed E-state index contributed by atoms with van der Waals surface area (Å²) in [6, 6.07) is 1.69. The first-order chi connectivity index (χ1) is 12.9. The fourth-order valence-corrected chi connectivity index (χ4v) is 7.88. The van der Waals surface area contributed by atoms with Gasteiger partial charge >= 0.3 is 160 Å². The summed E-state index contributed by atoms with van der Waals surface area (Å²) in [5, 5.41) is 0. The molecule has 1 aromatic heterocycles. The molecule has 1 aromatic rings. The number of aromatic nitrogens is 2. The normalized spacial score (nSPS) is 39.0. The topological polar surface area (TPSA) is 50.3 Å². The zero-order chi connectivity index (χ0) is 19.2. The molecule has 6 atom stereocenters. The van der Waals surface area contributed by atoms with Crippen LogP contribution >= 0.6 is 0 Å². The van der Waals surface area contributed by atoms with Gasteiger partial charge in [0.1, 0.15) is 0 Å². The Morgan fingerprint density at radius 1 is 1.33 bits per heavy atom. The third-order valence-electron chi connectivity index (χ3n) is 6.96. The van der Waals surface area contributed by atoms with Crippen molar-refractivity contribution < 1.29 is 9.13 Å². The summed E-state index contributed by atoms with van der Waals surface area (Å²) >= 11 is -1.21. The molecule has 3 fully saturated rings. The van der Waals surface area contributed by atoms with Crippen LogP contribution in [0.1, 0.15) is 44.9 Å².